The normalized spacial score (nSPS) is 12.2. The van der Waals surface area contributed by atoms with E-state index < -0.39 is 0 Å². The number of ether oxygens (including phenoxy) is 1. The van der Waals surface area contributed by atoms with Crippen molar-refractivity contribution >= 4 is 11.8 Å². The van der Waals surface area contributed by atoms with Gasteiger partial charge in [0.05, 0.1) is 6.61 Å². The molecule has 0 heterocycles. The number of benzene rings is 1. The molecule has 1 atom stereocenters. The Balaban J connectivity index is 3.03. The number of hydrogen-bond donors (Lipinski definition) is 0. The lowest BCUT2D eigenvalue weighted by Crippen LogP contribution is -2.10. The lowest BCUT2D eigenvalue weighted by molar-refractivity contribution is 0.265. The van der Waals surface area contributed by atoms with Crippen molar-refractivity contribution < 1.29 is 4.74 Å². The van der Waals surface area contributed by atoms with Crippen LogP contribution in [-0.2, 0) is 0 Å². The van der Waals surface area contributed by atoms with E-state index in [2.05, 4.69) is 52.2 Å². The highest BCUT2D eigenvalue weighted by Gasteiger charge is 2.17. The van der Waals surface area contributed by atoms with Gasteiger partial charge in [0.1, 0.15) is 11.2 Å². The SMILES string of the molecule is CCC(CCSC#N)c1cc(C)cc(C)c1OCC(C)C. The lowest BCUT2D eigenvalue weighted by atomic mass is 9.90. The molecule has 0 radical (unpaired) electrons. The fourth-order valence-corrected chi connectivity index (χ4v) is 3.06. The van der Waals surface area contributed by atoms with Crippen LogP contribution in [0, 0.1) is 30.4 Å². The second-order valence-corrected chi connectivity index (χ2v) is 6.92. The van der Waals surface area contributed by atoms with E-state index in [9.17, 15) is 0 Å². The highest BCUT2D eigenvalue weighted by atomic mass is 32.2. The van der Waals surface area contributed by atoms with Crippen LogP contribution in [0.1, 0.15) is 56.2 Å². The van der Waals surface area contributed by atoms with Gasteiger partial charge in [-0.1, -0.05) is 38.5 Å². The third kappa shape index (κ3) is 5.63. The Labute approximate surface area is 133 Å². The first-order valence-electron chi connectivity index (χ1n) is 7.74. The Morgan fingerprint density at radius 1 is 1.29 bits per heavy atom. The molecule has 1 rings (SSSR count). The van der Waals surface area contributed by atoms with Gasteiger partial charge in [0.2, 0.25) is 0 Å². The third-order valence-corrected chi connectivity index (χ3v) is 4.14. The summed E-state index contributed by atoms with van der Waals surface area (Å²) in [5, 5.41) is 10.9. The smallest absolute Gasteiger partial charge is 0.133 e. The maximum atomic E-state index is 8.70. The van der Waals surface area contributed by atoms with E-state index in [0.29, 0.717) is 11.8 Å². The molecule has 3 heteroatoms. The molecule has 1 aromatic rings. The average molecular weight is 305 g/mol. The van der Waals surface area contributed by atoms with Gasteiger partial charge in [-0.25, -0.2) is 0 Å². The Kier molecular flexibility index (Phi) is 7.67. The second kappa shape index (κ2) is 9.00. The molecular weight excluding hydrogens is 278 g/mol. The van der Waals surface area contributed by atoms with Crippen molar-refractivity contribution in [1.29, 1.82) is 5.26 Å². The zero-order chi connectivity index (χ0) is 15.8. The van der Waals surface area contributed by atoms with E-state index in [-0.39, 0.29) is 0 Å². The average Bonchev–Trinajstić information content (AvgIpc) is 2.42. The van der Waals surface area contributed by atoms with Crippen molar-refractivity contribution in [3.05, 3.63) is 28.8 Å². The predicted molar refractivity (Wildman–Crippen MR) is 92.0 cm³/mol. The van der Waals surface area contributed by atoms with Crippen molar-refractivity contribution in [1.82, 2.24) is 0 Å². The number of thioether (sulfide) groups is 1. The molecule has 2 nitrogen and oxygen atoms in total. The molecule has 0 N–H and O–H groups in total. The summed E-state index contributed by atoms with van der Waals surface area (Å²) in [6.45, 7) is 11.6. The molecule has 0 spiro atoms. The van der Waals surface area contributed by atoms with Crippen molar-refractivity contribution in [3.8, 4) is 11.2 Å². The summed E-state index contributed by atoms with van der Waals surface area (Å²) in [5.74, 6) is 2.92. The maximum Gasteiger partial charge on any atom is 0.133 e. The first kappa shape index (κ1) is 17.9. The molecule has 0 bridgehead atoms. The largest absolute Gasteiger partial charge is 0.493 e. The quantitative estimate of drug-likeness (QED) is 0.474. The Bertz CT molecular complexity index is 491. The molecular formula is C18H27NOS. The summed E-state index contributed by atoms with van der Waals surface area (Å²) >= 11 is 1.34. The summed E-state index contributed by atoms with van der Waals surface area (Å²) in [7, 11) is 0. The highest BCUT2D eigenvalue weighted by molar-refractivity contribution is 8.03. The second-order valence-electron chi connectivity index (χ2n) is 6.04. The summed E-state index contributed by atoms with van der Waals surface area (Å²) in [6.07, 6.45) is 2.10. The molecule has 0 saturated heterocycles. The Hall–Kier alpha value is -1.14. The van der Waals surface area contributed by atoms with Crippen LogP contribution in [0.25, 0.3) is 0 Å². The summed E-state index contributed by atoms with van der Waals surface area (Å²) in [6, 6.07) is 4.45. The molecule has 0 aromatic heterocycles. The Morgan fingerprint density at radius 2 is 2.00 bits per heavy atom. The fraction of sp³-hybridized carbons (Fsp3) is 0.611. The molecule has 0 saturated carbocycles. The number of nitrogens with zero attached hydrogens (tertiary/aromatic N) is 1. The minimum absolute atomic E-state index is 0.464. The van der Waals surface area contributed by atoms with E-state index in [1.54, 1.807) is 0 Å². The van der Waals surface area contributed by atoms with Gasteiger partial charge in [-0.2, -0.15) is 5.26 Å². The summed E-state index contributed by atoms with van der Waals surface area (Å²) in [5.41, 5.74) is 3.82. The molecule has 0 amide bonds. The van der Waals surface area contributed by atoms with Gasteiger partial charge in [0, 0.05) is 5.75 Å². The van der Waals surface area contributed by atoms with Crippen LogP contribution in [-0.4, -0.2) is 12.4 Å². The summed E-state index contributed by atoms with van der Waals surface area (Å²) < 4.78 is 6.10. The molecule has 1 unspecified atom stereocenters. The topological polar surface area (TPSA) is 33.0 Å². The first-order chi connectivity index (χ1) is 9.99. The van der Waals surface area contributed by atoms with Crippen LogP contribution in [0.3, 0.4) is 0 Å². The van der Waals surface area contributed by atoms with E-state index >= 15 is 0 Å². The van der Waals surface area contributed by atoms with Gasteiger partial charge in [0.15, 0.2) is 0 Å². The van der Waals surface area contributed by atoms with Crippen LogP contribution in [0.5, 0.6) is 5.75 Å². The maximum absolute atomic E-state index is 8.70. The zero-order valence-corrected chi connectivity index (χ0v) is 14.7. The first-order valence-corrected chi connectivity index (χ1v) is 8.72. The van der Waals surface area contributed by atoms with Gasteiger partial charge in [-0.05, 0) is 61.4 Å². The van der Waals surface area contributed by atoms with Gasteiger partial charge in [-0.15, -0.1) is 0 Å². The predicted octanol–water partition coefficient (Wildman–Crippen LogP) is 5.44. The van der Waals surface area contributed by atoms with E-state index in [1.165, 1.54) is 28.5 Å². The van der Waals surface area contributed by atoms with Crippen molar-refractivity contribution in [2.45, 2.75) is 53.4 Å². The van der Waals surface area contributed by atoms with E-state index in [0.717, 1.165) is 31.0 Å². The zero-order valence-electron chi connectivity index (χ0n) is 13.9. The molecule has 0 aliphatic carbocycles. The number of rotatable bonds is 8. The minimum atomic E-state index is 0.464. The standard InChI is InChI=1S/C18H27NOS/c1-6-16(7-8-21-12-19)17-10-14(4)9-15(5)18(17)20-11-13(2)3/h9-10,13,16H,6-8,11H2,1-5H3. The molecule has 116 valence electrons. The molecule has 21 heavy (non-hydrogen) atoms. The molecule has 1 aromatic carbocycles. The van der Waals surface area contributed by atoms with E-state index in [1.807, 2.05) is 0 Å². The molecule has 0 aliphatic rings. The van der Waals surface area contributed by atoms with Crippen molar-refractivity contribution in [2.24, 2.45) is 5.92 Å². The van der Waals surface area contributed by atoms with Crippen molar-refractivity contribution in [2.75, 3.05) is 12.4 Å². The van der Waals surface area contributed by atoms with Gasteiger partial charge >= 0.3 is 0 Å². The monoisotopic (exact) mass is 305 g/mol. The fourth-order valence-electron chi connectivity index (χ4n) is 2.56. The number of hydrogen-bond acceptors (Lipinski definition) is 3. The van der Waals surface area contributed by atoms with Crippen LogP contribution in [0.4, 0.5) is 0 Å². The van der Waals surface area contributed by atoms with Crippen LogP contribution < -0.4 is 4.74 Å². The minimum Gasteiger partial charge on any atom is -0.493 e. The van der Waals surface area contributed by atoms with Gasteiger partial charge < -0.3 is 4.74 Å². The van der Waals surface area contributed by atoms with Crippen LogP contribution in [0.15, 0.2) is 12.1 Å². The van der Waals surface area contributed by atoms with Crippen LogP contribution >= 0.6 is 11.8 Å². The highest BCUT2D eigenvalue weighted by Crippen LogP contribution is 2.36. The number of nitriles is 1. The molecule has 0 fully saturated rings. The van der Waals surface area contributed by atoms with Crippen molar-refractivity contribution in [3.63, 3.8) is 0 Å². The Morgan fingerprint density at radius 3 is 2.57 bits per heavy atom. The van der Waals surface area contributed by atoms with E-state index in [4.69, 9.17) is 10.00 Å². The number of thiocyanates is 1. The number of aryl methyl sites for hydroxylation is 2. The van der Waals surface area contributed by atoms with Gasteiger partial charge in [-0.3, -0.25) is 0 Å². The van der Waals surface area contributed by atoms with Gasteiger partial charge in [0.25, 0.3) is 0 Å². The third-order valence-electron chi connectivity index (χ3n) is 3.57. The summed E-state index contributed by atoms with van der Waals surface area (Å²) in [4.78, 5) is 0. The van der Waals surface area contributed by atoms with Crippen LogP contribution in [0.2, 0.25) is 0 Å². The molecule has 0 aliphatic heterocycles. The lowest BCUT2D eigenvalue weighted by Gasteiger charge is -2.22.